The molecule has 3 N–H and O–H groups in total. The minimum absolute atomic E-state index is 0.345. The van der Waals surface area contributed by atoms with Crippen molar-refractivity contribution in [1.29, 1.82) is 0 Å². The van der Waals surface area contributed by atoms with Crippen LogP contribution in [0.15, 0.2) is 16.6 Å². The number of anilines is 1. The van der Waals surface area contributed by atoms with E-state index in [0.29, 0.717) is 24.5 Å². The summed E-state index contributed by atoms with van der Waals surface area (Å²) in [6.07, 6.45) is 0.261. The third-order valence-corrected chi connectivity index (χ3v) is 2.51. The highest BCUT2D eigenvalue weighted by Gasteiger charge is 2.06. The highest BCUT2D eigenvalue weighted by molar-refractivity contribution is 9.10. The van der Waals surface area contributed by atoms with Gasteiger partial charge in [-0.25, -0.2) is 0 Å². The van der Waals surface area contributed by atoms with Crippen molar-refractivity contribution < 1.29 is 9.84 Å². The maximum atomic E-state index is 9.09. The van der Waals surface area contributed by atoms with Gasteiger partial charge < -0.3 is 15.6 Å². The third-order valence-electron chi connectivity index (χ3n) is 2.05. The molecular weight excluding hydrogens is 258 g/mol. The zero-order valence-electron chi connectivity index (χ0n) is 8.96. The van der Waals surface area contributed by atoms with Crippen LogP contribution in [0.2, 0.25) is 0 Å². The van der Waals surface area contributed by atoms with Gasteiger partial charge in [-0.1, -0.05) is 15.9 Å². The largest absolute Gasteiger partial charge is 0.491 e. The maximum Gasteiger partial charge on any atom is 0.145 e. The van der Waals surface area contributed by atoms with Crippen molar-refractivity contribution in [2.45, 2.75) is 26.4 Å². The van der Waals surface area contributed by atoms with E-state index in [9.17, 15) is 0 Å². The molecule has 0 heterocycles. The fraction of sp³-hybridized carbons (Fsp3) is 0.455. The average molecular weight is 274 g/mol. The SMILES string of the molecule is Cc1cc(Br)cc(N)c1OCCC(C)O. The number of aliphatic hydroxyl groups excluding tert-OH is 1. The molecule has 1 atom stereocenters. The Morgan fingerprint density at radius 3 is 2.73 bits per heavy atom. The summed E-state index contributed by atoms with van der Waals surface area (Å²) >= 11 is 3.36. The Hall–Kier alpha value is -0.740. The Balaban J connectivity index is 2.68. The molecule has 0 amide bonds. The number of aliphatic hydroxyl groups is 1. The minimum Gasteiger partial charge on any atom is -0.491 e. The highest BCUT2D eigenvalue weighted by atomic mass is 79.9. The molecule has 0 aliphatic carbocycles. The smallest absolute Gasteiger partial charge is 0.145 e. The van der Waals surface area contributed by atoms with Gasteiger partial charge in [0.2, 0.25) is 0 Å². The lowest BCUT2D eigenvalue weighted by Crippen LogP contribution is -2.09. The van der Waals surface area contributed by atoms with Crippen LogP contribution in [0.4, 0.5) is 5.69 Å². The molecule has 0 aromatic heterocycles. The normalized spacial score (nSPS) is 12.5. The third kappa shape index (κ3) is 3.72. The Bertz CT molecular complexity index is 316. The summed E-state index contributed by atoms with van der Waals surface area (Å²) in [7, 11) is 0. The van der Waals surface area contributed by atoms with E-state index in [2.05, 4.69) is 15.9 Å². The Morgan fingerprint density at radius 2 is 2.20 bits per heavy atom. The summed E-state index contributed by atoms with van der Waals surface area (Å²) in [5.41, 5.74) is 7.43. The molecule has 0 radical (unpaired) electrons. The second-order valence-corrected chi connectivity index (χ2v) is 4.54. The standard InChI is InChI=1S/C11H16BrNO2/c1-7-5-9(12)6-10(13)11(7)15-4-3-8(2)14/h5-6,8,14H,3-4,13H2,1-2H3. The lowest BCUT2D eigenvalue weighted by molar-refractivity contribution is 0.155. The molecule has 0 bridgehead atoms. The molecule has 84 valence electrons. The van der Waals surface area contributed by atoms with Crippen LogP contribution in [0.25, 0.3) is 0 Å². The van der Waals surface area contributed by atoms with Gasteiger partial charge in [-0.05, 0) is 31.5 Å². The van der Waals surface area contributed by atoms with Gasteiger partial charge in [-0.15, -0.1) is 0 Å². The summed E-state index contributed by atoms with van der Waals surface area (Å²) in [6.45, 7) is 4.16. The number of nitrogen functional groups attached to an aromatic ring is 1. The van der Waals surface area contributed by atoms with Gasteiger partial charge in [0.05, 0.1) is 18.4 Å². The second-order valence-electron chi connectivity index (χ2n) is 3.63. The monoisotopic (exact) mass is 273 g/mol. The molecule has 15 heavy (non-hydrogen) atoms. The molecule has 1 aromatic rings. The summed E-state index contributed by atoms with van der Waals surface area (Å²) in [5, 5.41) is 9.09. The molecule has 1 unspecified atom stereocenters. The van der Waals surface area contributed by atoms with Gasteiger partial charge >= 0.3 is 0 Å². The van der Waals surface area contributed by atoms with Crippen molar-refractivity contribution in [1.82, 2.24) is 0 Å². The van der Waals surface area contributed by atoms with Crippen molar-refractivity contribution in [3.8, 4) is 5.75 Å². The fourth-order valence-corrected chi connectivity index (χ4v) is 1.87. The number of hydrogen-bond acceptors (Lipinski definition) is 3. The summed E-state index contributed by atoms with van der Waals surface area (Å²) in [4.78, 5) is 0. The van der Waals surface area contributed by atoms with Gasteiger partial charge in [-0.2, -0.15) is 0 Å². The van der Waals surface area contributed by atoms with E-state index in [1.54, 1.807) is 6.92 Å². The van der Waals surface area contributed by atoms with Gasteiger partial charge in [-0.3, -0.25) is 0 Å². The van der Waals surface area contributed by atoms with E-state index in [0.717, 1.165) is 10.0 Å². The Labute approximate surface area is 98.4 Å². The zero-order chi connectivity index (χ0) is 11.4. The number of hydrogen-bond donors (Lipinski definition) is 2. The molecule has 1 rings (SSSR count). The van der Waals surface area contributed by atoms with Crippen LogP contribution in [-0.2, 0) is 0 Å². The zero-order valence-corrected chi connectivity index (χ0v) is 10.5. The van der Waals surface area contributed by atoms with Crippen molar-refractivity contribution in [2.24, 2.45) is 0 Å². The summed E-state index contributed by atoms with van der Waals surface area (Å²) in [6, 6.07) is 3.76. The topological polar surface area (TPSA) is 55.5 Å². The first kappa shape index (κ1) is 12.3. The Morgan fingerprint density at radius 1 is 1.53 bits per heavy atom. The molecule has 4 heteroatoms. The number of nitrogens with two attached hydrogens (primary N) is 1. The first-order valence-corrected chi connectivity index (χ1v) is 5.66. The first-order valence-electron chi connectivity index (χ1n) is 4.87. The van der Waals surface area contributed by atoms with Crippen molar-refractivity contribution >= 4 is 21.6 Å². The predicted octanol–water partition coefficient (Wildman–Crippen LogP) is 2.49. The molecular formula is C11H16BrNO2. The maximum absolute atomic E-state index is 9.09. The second kappa shape index (κ2) is 5.37. The lowest BCUT2D eigenvalue weighted by atomic mass is 10.2. The van der Waals surface area contributed by atoms with Crippen molar-refractivity contribution in [3.05, 3.63) is 22.2 Å². The molecule has 0 spiro atoms. The van der Waals surface area contributed by atoms with Crippen molar-refractivity contribution in [2.75, 3.05) is 12.3 Å². The number of aryl methyl sites for hydroxylation is 1. The van der Waals surface area contributed by atoms with Crippen LogP contribution >= 0.6 is 15.9 Å². The van der Waals surface area contributed by atoms with E-state index in [1.165, 1.54) is 0 Å². The van der Waals surface area contributed by atoms with Crippen LogP contribution in [0.3, 0.4) is 0 Å². The average Bonchev–Trinajstić information content (AvgIpc) is 2.08. The van der Waals surface area contributed by atoms with Crippen molar-refractivity contribution in [3.63, 3.8) is 0 Å². The highest BCUT2D eigenvalue weighted by Crippen LogP contribution is 2.30. The Kier molecular flexibility index (Phi) is 4.42. The first-order chi connectivity index (χ1) is 7.00. The molecule has 0 aliphatic heterocycles. The van der Waals surface area contributed by atoms with Crippen LogP contribution in [0.5, 0.6) is 5.75 Å². The number of ether oxygens (including phenoxy) is 1. The number of halogens is 1. The number of benzene rings is 1. The molecule has 1 aromatic carbocycles. The van der Waals surface area contributed by atoms with Crippen LogP contribution < -0.4 is 10.5 Å². The molecule has 0 aliphatic rings. The summed E-state index contributed by atoms with van der Waals surface area (Å²) in [5.74, 6) is 0.707. The van der Waals surface area contributed by atoms with Gasteiger partial charge in [0.1, 0.15) is 5.75 Å². The number of rotatable bonds is 4. The van der Waals surface area contributed by atoms with E-state index >= 15 is 0 Å². The van der Waals surface area contributed by atoms with E-state index in [4.69, 9.17) is 15.6 Å². The lowest BCUT2D eigenvalue weighted by Gasteiger charge is -2.13. The predicted molar refractivity (Wildman–Crippen MR) is 65.1 cm³/mol. The van der Waals surface area contributed by atoms with E-state index in [1.807, 2.05) is 19.1 Å². The van der Waals surface area contributed by atoms with Gasteiger partial charge in [0.25, 0.3) is 0 Å². The molecule has 0 saturated heterocycles. The van der Waals surface area contributed by atoms with Crippen LogP contribution in [0, 0.1) is 6.92 Å². The fourth-order valence-electron chi connectivity index (χ4n) is 1.28. The molecule has 0 saturated carbocycles. The quantitative estimate of drug-likeness (QED) is 0.829. The molecule has 3 nitrogen and oxygen atoms in total. The van der Waals surface area contributed by atoms with Gasteiger partial charge in [0, 0.05) is 10.9 Å². The van der Waals surface area contributed by atoms with E-state index < -0.39 is 0 Å². The summed E-state index contributed by atoms with van der Waals surface area (Å²) < 4.78 is 6.47. The molecule has 0 fully saturated rings. The van der Waals surface area contributed by atoms with Crippen LogP contribution in [0.1, 0.15) is 18.9 Å². The van der Waals surface area contributed by atoms with Crippen LogP contribution in [-0.4, -0.2) is 17.8 Å². The van der Waals surface area contributed by atoms with Gasteiger partial charge in [0.15, 0.2) is 0 Å². The van der Waals surface area contributed by atoms with E-state index in [-0.39, 0.29) is 6.10 Å². The minimum atomic E-state index is -0.345.